The minimum absolute atomic E-state index is 0.0955. The largest absolute Gasteiger partial charge is 0.491 e. The van der Waals surface area contributed by atoms with Gasteiger partial charge in [0, 0.05) is 29.6 Å². The first-order valence-corrected chi connectivity index (χ1v) is 10.8. The van der Waals surface area contributed by atoms with Gasteiger partial charge in [0.05, 0.1) is 12.6 Å². The topological polar surface area (TPSA) is 88.7 Å². The van der Waals surface area contributed by atoms with Crippen LogP contribution in [0.2, 0.25) is 0 Å². The molecule has 0 spiro atoms. The zero-order valence-electron chi connectivity index (χ0n) is 18.1. The molecular weight excluding hydrogens is 394 g/mol. The van der Waals surface area contributed by atoms with Crippen LogP contribution in [0.5, 0.6) is 5.75 Å². The van der Waals surface area contributed by atoms with E-state index in [0.29, 0.717) is 17.9 Å². The van der Waals surface area contributed by atoms with Crippen molar-refractivity contribution in [2.75, 3.05) is 30.4 Å². The van der Waals surface area contributed by atoms with Crippen LogP contribution in [-0.4, -0.2) is 43.7 Å². The van der Waals surface area contributed by atoms with E-state index < -0.39 is 0 Å². The van der Waals surface area contributed by atoms with Gasteiger partial charge in [0.2, 0.25) is 5.91 Å². The number of amides is 2. The van der Waals surface area contributed by atoms with Crippen LogP contribution in [0.1, 0.15) is 43.5 Å². The minimum atomic E-state index is -0.161. The van der Waals surface area contributed by atoms with E-state index in [9.17, 15) is 9.59 Å². The van der Waals surface area contributed by atoms with Crippen molar-refractivity contribution in [3.8, 4) is 5.75 Å². The Morgan fingerprint density at radius 3 is 2.45 bits per heavy atom. The Bertz CT molecular complexity index is 846. The Hall–Kier alpha value is -3.06. The van der Waals surface area contributed by atoms with Gasteiger partial charge < -0.3 is 25.4 Å². The highest BCUT2D eigenvalue weighted by Gasteiger charge is 2.16. The molecule has 3 N–H and O–H groups in total. The predicted molar refractivity (Wildman–Crippen MR) is 122 cm³/mol. The van der Waals surface area contributed by atoms with E-state index in [0.717, 1.165) is 37.3 Å². The van der Waals surface area contributed by atoms with Gasteiger partial charge in [0.25, 0.3) is 5.91 Å². The summed E-state index contributed by atoms with van der Waals surface area (Å²) < 4.78 is 11.3. The molecule has 3 rings (SSSR count). The Labute approximate surface area is 183 Å². The molecule has 0 aliphatic carbocycles. The van der Waals surface area contributed by atoms with Crippen LogP contribution in [-0.2, 0) is 9.53 Å². The summed E-state index contributed by atoms with van der Waals surface area (Å²) in [5.41, 5.74) is 2.07. The molecule has 2 unspecified atom stereocenters. The van der Waals surface area contributed by atoms with Crippen molar-refractivity contribution in [3.63, 3.8) is 0 Å². The van der Waals surface area contributed by atoms with Gasteiger partial charge in [-0.15, -0.1) is 0 Å². The molecule has 2 aromatic carbocycles. The maximum atomic E-state index is 12.2. The van der Waals surface area contributed by atoms with E-state index in [1.54, 1.807) is 24.3 Å². The lowest BCUT2D eigenvalue weighted by molar-refractivity contribution is -0.114. The number of nitrogens with one attached hydrogen (secondary N) is 3. The zero-order valence-corrected chi connectivity index (χ0v) is 18.1. The number of carbonyl (C=O) groups excluding carboxylic acids is 2. The fourth-order valence-corrected chi connectivity index (χ4v) is 3.14. The number of hydrogen-bond acceptors (Lipinski definition) is 5. The van der Waals surface area contributed by atoms with Crippen molar-refractivity contribution in [1.82, 2.24) is 5.32 Å². The van der Waals surface area contributed by atoms with Crippen LogP contribution in [0.3, 0.4) is 0 Å². The number of carbonyl (C=O) groups is 2. The third kappa shape index (κ3) is 7.29. The van der Waals surface area contributed by atoms with Crippen molar-refractivity contribution in [3.05, 3.63) is 54.1 Å². The zero-order chi connectivity index (χ0) is 22.1. The van der Waals surface area contributed by atoms with Crippen molar-refractivity contribution in [2.24, 2.45) is 0 Å². The van der Waals surface area contributed by atoms with Crippen molar-refractivity contribution in [2.45, 2.75) is 45.3 Å². The summed E-state index contributed by atoms with van der Waals surface area (Å²) in [7, 11) is 0. The summed E-state index contributed by atoms with van der Waals surface area (Å²) in [4.78, 5) is 24.3. The van der Waals surface area contributed by atoms with Gasteiger partial charge in [-0.2, -0.15) is 0 Å². The molecule has 2 amide bonds. The number of rotatable bonds is 10. The summed E-state index contributed by atoms with van der Waals surface area (Å²) in [5.74, 6) is 0.498. The van der Waals surface area contributed by atoms with Crippen LogP contribution in [0, 0.1) is 0 Å². The molecule has 7 nitrogen and oxygen atoms in total. The van der Waals surface area contributed by atoms with E-state index in [-0.39, 0.29) is 30.5 Å². The van der Waals surface area contributed by atoms with Gasteiger partial charge in [-0.25, -0.2) is 0 Å². The van der Waals surface area contributed by atoms with Crippen molar-refractivity contribution >= 4 is 23.2 Å². The van der Waals surface area contributed by atoms with Gasteiger partial charge in [0.1, 0.15) is 12.4 Å². The SMILES string of the molecule is CCC(C)NC(=O)c1ccc(NCC(=O)Nc2ccc(OCC3CCCO3)cc2)cc1. The lowest BCUT2D eigenvalue weighted by Crippen LogP contribution is -2.31. The number of benzene rings is 2. The van der Waals surface area contributed by atoms with Gasteiger partial charge in [-0.3, -0.25) is 9.59 Å². The minimum Gasteiger partial charge on any atom is -0.491 e. The van der Waals surface area contributed by atoms with Crippen LogP contribution >= 0.6 is 0 Å². The first-order chi connectivity index (χ1) is 15.0. The Kier molecular flexibility index (Phi) is 8.29. The molecule has 31 heavy (non-hydrogen) atoms. The predicted octanol–water partition coefficient (Wildman–Crippen LogP) is 3.82. The quantitative estimate of drug-likeness (QED) is 0.539. The molecule has 0 aromatic heterocycles. The summed E-state index contributed by atoms with van der Waals surface area (Å²) in [6.45, 7) is 5.48. The second-order valence-electron chi connectivity index (χ2n) is 7.73. The molecule has 1 aliphatic rings. The third-order valence-corrected chi connectivity index (χ3v) is 5.19. The van der Waals surface area contributed by atoms with Crippen LogP contribution in [0.25, 0.3) is 0 Å². The van der Waals surface area contributed by atoms with Crippen LogP contribution in [0.4, 0.5) is 11.4 Å². The maximum absolute atomic E-state index is 12.2. The smallest absolute Gasteiger partial charge is 0.251 e. The average molecular weight is 426 g/mol. The van der Waals surface area contributed by atoms with Gasteiger partial charge in [-0.1, -0.05) is 6.92 Å². The fourth-order valence-electron chi connectivity index (χ4n) is 3.14. The second-order valence-corrected chi connectivity index (χ2v) is 7.73. The second kappa shape index (κ2) is 11.4. The Morgan fingerprint density at radius 2 is 1.81 bits per heavy atom. The normalized spacial score (nSPS) is 16.4. The van der Waals surface area contributed by atoms with E-state index in [4.69, 9.17) is 9.47 Å². The molecule has 1 aliphatic heterocycles. The molecule has 2 atom stereocenters. The van der Waals surface area contributed by atoms with Crippen molar-refractivity contribution in [1.29, 1.82) is 0 Å². The number of hydrogen-bond donors (Lipinski definition) is 3. The lowest BCUT2D eigenvalue weighted by Gasteiger charge is -2.13. The monoisotopic (exact) mass is 425 g/mol. The first-order valence-electron chi connectivity index (χ1n) is 10.8. The van der Waals surface area contributed by atoms with E-state index >= 15 is 0 Å². The molecule has 0 radical (unpaired) electrons. The highest BCUT2D eigenvalue weighted by atomic mass is 16.5. The maximum Gasteiger partial charge on any atom is 0.251 e. The van der Waals surface area contributed by atoms with Gasteiger partial charge in [-0.05, 0) is 74.7 Å². The Balaban J connectivity index is 1.40. The molecule has 1 fully saturated rings. The van der Waals surface area contributed by atoms with Gasteiger partial charge in [0.15, 0.2) is 0 Å². The van der Waals surface area contributed by atoms with E-state index in [1.807, 2.05) is 38.1 Å². The molecule has 2 aromatic rings. The molecule has 7 heteroatoms. The molecule has 0 bridgehead atoms. The summed E-state index contributed by atoms with van der Waals surface area (Å²) in [5, 5.41) is 8.84. The summed E-state index contributed by atoms with van der Waals surface area (Å²) in [6, 6.07) is 14.5. The number of anilines is 2. The van der Waals surface area contributed by atoms with E-state index in [1.165, 1.54) is 0 Å². The highest BCUT2D eigenvalue weighted by Crippen LogP contribution is 2.18. The molecule has 1 saturated heterocycles. The van der Waals surface area contributed by atoms with E-state index in [2.05, 4.69) is 16.0 Å². The first kappa shape index (κ1) is 22.6. The number of ether oxygens (including phenoxy) is 2. The molecular formula is C24H31N3O4. The highest BCUT2D eigenvalue weighted by molar-refractivity contribution is 5.95. The summed E-state index contributed by atoms with van der Waals surface area (Å²) >= 11 is 0. The summed E-state index contributed by atoms with van der Waals surface area (Å²) in [6.07, 6.45) is 3.18. The average Bonchev–Trinajstić information content (AvgIpc) is 3.31. The fraction of sp³-hybridized carbons (Fsp3) is 0.417. The van der Waals surface area contributed by atoms with Crippen LogP contribution in [0.15, 0.2) is 48.5 Å². The molecule has 0 saturated carbocycles. The standard InChI is InChI=1S/C24H31N3O4/c1-3-17(2)26-24(29)18-6-8-19(9-7-18)25-15-23(28)27-20-10-12-21(13-11-20)31-16-22-5-4-14-30-22/h6-13,17,22,25H,3-5,14-16H2,1-2H3,(H,26,29)(H,27,28). The van der Waals surface area contributed by atoms with Crippen LogP contribution < -0.4 is 20.7 Å². The Morgan fingerprint density at radius 1 is 1.10 bits per heavy atom. The third-order valence-electron chi connectivity index (χ3n) is 5.19. The van der Waals surface area contributed by atoms with Gasteiger partial charge >= 0.3 is 0 Å². The molecule has 1 heterocycles. The van der Waals surface area contributed by atoms with Crippen molar-refractivity contribution < 1.29 is 19.1 Å². The molecule has 166 valence electrons. The lowest BCUT2D eigenvalue weighted by atomic mass is 10.1.